The molecule has 0 aliphatic carbocycles. The monoisotopic (exact) mass is 398 g/mol. The van der Waals surface area contributed by atoms with Gasteiger partial charge >= 0.3 is 0 Å². The van der Waals surface area contributed by atoms with Crippen LogP contribution < -0.4 is 10.9 Å². The second kappa shape index (κ2) is 8.76. The van der Waals surface area contributed by atoms with E-state index in [1.165, 1.54) is 6.07 Å². The minimum Gasteiger partial charge on any atom is -0.380 e. The van der Waals surface area contributed by atoms with E-state index < -0.39 is 0 Å². The molecule has 150 valence electrons. The van der Waals surface area contributed by atoms with E-state index in [9.17, 15) is 9.59 Å². The Hall–Kier alpha value is -3.70. The summed E-state index contributed by atoms with van der Waals surface area (Å²) in [5.41, 5.74) is 5.11. The fourth-order valence-corrected chi connectivity index (χ4v) is 3.52. The van der Waals surface area contributed by atoms with Crippen molar-refractivity contribution in [1.82, 2.24) is 4.98 Å². The van der Waals surface area contributed by atoms with Crippen molar-refractivity contribution in [1.29, 1.82) is 0 Å². The Bertz CT molecular complexity index is 1230. The third kappa shape index (κ3) is 4.47. The lowest BCUT2D eigenvalue weighted by Crippen LogP contribution is -2.14. The summed E-state index contributed by atoms with van der Waals surface area (Å²) in [6, 6.07) is 25.1. The zero-order chi connectivity index (χ0) is 20.9. The van der Waals surface area contributed by atoms with Crippen LogP contribution in [0, 0.1) is 0 Å². The summed E-state index contributed by atoms with van der Waals surface area (Å²) in [6.07, 6.45) is 0.271. The highest BCUT2D eigenvalue weighted by atomic mass is 16.5. The average molecular weight is 398 g/mol. The molecule has 1 heterocycles. The van der Waals surface area contributed by atoms with Gasteiger partial charge in [0.25, 0.3) is 0 Å². The third-order valence-corrected chi connectivity index (χ3v) is 4.94. The van der Waals surface area contributed by atoms with E-state index in [1.54, 1.807) is 13.2 Å². The van der Waals surface area contributed by atoms with Crippen molar-refractivity contribution in [3.63, 3.8) is 0 Å². The van der Waals surface area contributed by atoms with Crippen molar-refractivity contribution < 1.29 is 9.53 Å². The molecule has 0 aliphatic rings. The molecule has 0 saturated heterocycles. The second-order valence-electron chi connectivity index (χ2n) is 7.14. The Balaban J connectivity index is 1.47. The zero-order valence-corrected chi connectivity index (χ0v) is 16.6. The maximum atomic E-state index is 12.5. The van der Waals surface area contributed by atoms with Crippen molar-refractivity contribution in [2.45, 2.75) is 13.0 Å². The van der Waals surface area contributed by atoms with Crippen LogP contribution in [0.3, 0.4) is 0 Å². The number of carbonyl (C=O) groups is 1. The van der Waals surface area contributed by atoms with Crippen molar-refractivity contribution in [3.8, 4) is 11.1 Å². The largest absolute Gasteiger partial charge is 0.380 e. The van der Waals surface area contributed by atoms with E-state index in [1.807, 2.05) is 54.6 Å². The number of hydrogen-bond acceptors (Lipinski definition) is 3. The van der Waals surface area contributed by atoms with Crippen molar-refractivity contribution in [2.75, 3.05) is 12.4 Å². The summed E-state index contributed by atoms with van der Waals surface area (Å²) in [7, 11) is 1.59. The molecule has 0 radical (unpaired) electrons. The summed E-state index contributed by atoms with van der Waals surface area (Å²) in [6.45, 7) is 0.352. The van der Waals surface area contributed by atoms with Crippen LogP contribution in [0.25, 0.3) is 22.0 Å². The number of benzene rings is 3. The second-order valence-corrected chi connectivity index (χ2v) is 7.14. The quantitative estimate of drug-likeness (QED) is 0.502. The lowest BCUT2D eigenvalue weighted by atomic mass is 10.0. The van der Waals surface area contributed by atoms with E-state index in [4.69, 9.17) is 4.74 Å². The number of carbonyl (C=O) groups excluding carboxylic acids is 1. The molecule has 0 atom stereocenters. The number of rotatable bonds is 6. The number of anilines is 1. The number of aromatic amines is 1. The van der Waals surface area contributed by atoms with Gasteiger partial charge in [-0.25, -0.2) is 0 Å². The number of fused-ring (bicyclic) bond motifs is 1. The van der Waals surface area contributed by atoms with Gasteiger partial charge in [0, 0.05) is 24.2 Å². The predicted octanol–water partition coefficient (Wildman–Crippen LogP) is 4.52. The molecule has 0 bridgehead atoms. The number of ether oxygens (including phenoxy) is 1. The van der Waals surface area contributed by atoms with E-state index in [-0.39, 0.29) is 17.9 Å². The molecule has 0 fully saturated rings. The Morgan fingerprint density at radius 2 is 1.67 bits per heavy atom. The van der Waals surface area contributed by atoms with Crippen molar-refractivity contribution in [3.05, 3.63) is 100 Å². The molecule has 5 heteroatoms. The Labute approximate surface area is 174 Å². The summed E-state index contributed by atoms with van der Waals surface area (Å²) in [5, 5.41) is 3.80. The Morgan fingerprint density at radius 1 is 0.933 bits per heavy atom. The number of methoxy groups -OCH3 is 1. The van der Waals surface area contributed by atoms with Crippen LogP contribution in [0.1, 0.15) is 11.1 Å². The van der Waals surface area contributed by atoms with E-state index >= 15 is 0 Å². The fourth-order valence-electron chi connectivity index (χ4n) is 3.52. The van der Waals surface area contributed by atoms with Crippen LogP contribution in [-0.2, 0) is 22.6 Å². The van der Waals surface area contributed by atoms with Crippen LogP contribution in [0.4, 0.5) is 5.69 Å². The van der Waals surface area contributed by atoms with Crippen molar-refractivity contribution in [2.24, 2.45) is 0 Å². The summed E-state index contributed by atoms with van der Waals surface area (Å²) >= 11 is 0. The molecule has 2 N–H and O–H groups in total. The predicted molar refractivity (Wildman–Crippen MR) is 119 cm³/mol. The highest BCUT2D eigenvalue weighted by Gasteiger charge is 2.08. The SMILES string of the molecule is COCc1cc(=O)[nH]c2cc(NC(=O)Cc3ccc(-c4ccccc4)cc3)ccc12. The minimum absolute atomic E-state index is 0.114. The molecule has 5 nitrogen and oxygen atoms in total. The molecule has 0 spiro atoms. The fraction of sp³-hybridized carbons (Fsp3) is 0.120. The topological polar surface area (TPSA) is 71.2 Å². The van der Waals surface area contributed by atoms with Crippen LogP contribution in [0.5, 0.6) is 0 Å². The van der Waals surface area contributed by atoms with Gasteiger partial charge in [-0.1, -0.05) is 60.7 Å². The molecular formula is C25H22N2O3. The van der Waals surface area contributed by atoms with Crippen LogP contribution >= 0.6 is 0 Å². The summed E-state index contributed by atoms with van der Waals surface area (Å²) in [5.74, 6) is -0.114. The third-order valence-electron chi connectivity index (χ3n) is 4.94. The van der Waals surface area contributed by atoms with E-state index in [0.29, 0.717) is 17.8 Å². The molecule has 3 aromatic carbocycles. The van der Waals surface area contributed by atoms with Gasteiger partial charge in [-0.3, -0.25) is 9.59 Å². The summed E-state index contributed by atoms with van der Waals surface area (Å²) < 4.78 is 5.17. The number of hydrogen-bond donors (Lipinski definition) is 2. The van der Waals surface area contributed by atoms with Gasteiger partial charge in [-0.05, 0) is 34.4 Å². The number of aromatic nitrogens is 1. The first-order valence-corrected chi connectivity index (χ1v) is 9.71. The smallest absolute Gasteiger partial charge is 0.248 e. The summed E-state index contributed by atoms with van der Waals surface area (Å²) in [4.78, 5) is 27.2. The molecule has 1 aromatic heterocycles. The Morgan fingerprint density at radius 3 is 2.40 bits per heavy atom. The lowest BCUT2D eigenvalue weighted by Gasteiger charge is -2.09. The number of amides is 1. The lowest BCUT2D eigenvalue weighted by molar-refractivity contribution is -0.115. The molecule has 0 aliphatic heterocycles. The van der Waals surface area contributed by atoms with Gasteiger partial charge in [-0.2, -0.15) is 0 Å². The maximum Gasteiger partial charge on any atom is 0.248 e. The normalized spacial score (nSPS) is 10.8. The van der Waals surface area contributed by atoms with Gasteiger partial charge in [0.15, 0.2) is 0 Å². The van der Waals surface area contributed by atoms with Gasteiger partial charge in [0.05, 0.1) is 18.5 Å². The van der Waals surface area contributed by atoms with Gasteiger partial charge < -0.3 is 15.0 Å². The Kier molecular flexibility index (Phi) is 5.72. The first kappa shape index (κ1) is 19.6. The first-order chi connectivity index (χ1) is 14.6. The first-order valence-electron chi connectivity index (χ1n) is 9.71. The van der Waals surface area contributed by atoms with Crippen LogP contribution in [-0.4, -0.2) is 18.0 Å². The molecule has 30 heavy (non-hydrogen) atoms. The molecule has 0 unspecified atom stereocenters. The van der Waals surface area contributed by atoms with Gasteiger partial charge in [0.1, 0.15) is 0 Å². The van der Waals surface area contributed by atoms with Crippen molar-refractivity contribution >= 4 is 22.5 Å². The minimum atomic E-state index is -0.198. The molecule has 4 aromatic rings. The highest BCUT2D eigenvalue weighted by molar-refractivity contribution is 5.95. The van der Waals surface area contributed by atoms with Crippen LogP contribution in [0.2, 0.25) is 0 Å². The van der Waals surface area contributed by atoms with Gasteiger partial charge in [0.2, 0.25) is 11.5 Å². The number of H-pyrrole nitrogens is 1. The molecular weight excluding hydrogens is 376 g/mol. The van der Waals surface area contributed by atoms with E-state index in [2.05, 4.69) is 22.4 Å². The maximum absolute atomic E-state index is 12.5. The van der Waals surface area contributed by atoms with E-state index in [0.717, 1.165) is 27.6 Å². The zero-order valence-electron chi connectivity index (χ0n) is 16.6. The standard InChI is InChI=1S/C25H22N2O3/c1-30-16-20-14-25(29)27-23-15-21(11-12-22(20)23)26-24(28)13-17-7-9-19(10-8-17)18-5-3-2-4-6-18/h2-12,14-15H,13,16H2,1H3,(H,26,28)(H,27,29). The average Bonchev–Trinajstić information content (AvgIpc) is 2.75. The molecule has 0 saturated carbocycles. The number of nitrogens with one attached hydrogen (secondary N) is 2. The van der Waals surface area contributed by atoms with Crippen LogP contribution in [0.15, 0.2) is 83.7 Å². The van der Waals surface area contributed by atoms with Gasteiger partial charge in [-0.15, -0.1) is 0 Å². The number of pyridine rings is 1. The highest BCUT2D eigenvalue weighted by Crippen LogP contribution is 2.22. The molecule has 4 rings (SSSR count). The molecule has 1 amide bonds.